The van der Waals surface area contributed by atoms with Crippen LogP contribution in [0.15, 0.2) is 29.6 Å². The summed E-state index contributed by atoms with van der Waals surface area (Å²) in [6.45, 7) is 4.73. The summed E-state index contributed by atoms with van der Waals surface area (Å²) < 4.78 is 5.04. The standard InChI is InChI=1S/C19H26N4O3S/c1-13(2)9-10-20-19-22-16(12-27-19)18(25)26-11-17(24)21-14-5-7-15(8-6-14)23(3)4/h5-8,12-13H,9-11H2,1-4H3,(H,20,22)(H,21,24). The average Bonchev–Trinajstić information content (AvgIpc) is 3.09. The monoisotopic (exact) mass is 390 g/mol. The Morgan fingerprint density at radius 3 is 2.56 bits per heavy atom. The Bertz CT molecular complexity index is 757. The predicted octanol–water partition coefficient (Wildman–Crippen LogP) is 3.46. The molecule has 0 aliphatic carbocycles. The van der Waals surface area contributed by atoms with Crippen LogP contribution in [0, 0.1) is 5.92 Å². The van der Waals surface area contributed by atoms with E-state index in [2.05, 4.69) is 29.5 Å². The minimum Gasteiger partial charge on any atom is -0.451 e. The first-order valence-electron chi connectivity index (χ1n) is 8.79. The van der Waals surface area contributed by atoms with Gasteiger partial charge in [0.05, 0.1) is 0 Å². The number of ether oxygens (including phenoxy) is 1. The Morgan fingerprint density at radius 1 is 1.22 bits per heavy atom. The molecule has 2 N–H and O–H groups in total. The molecule has 7 nitrogen and oxygen atoms in total. The van der Waals surface area contributed by atoms with Gasteiger partial charge in [-0.05, 0) is 36.6 Å². The predicted molar refractivity (Wildman–Crippen MR) is 110 cm³/mol. The van der Waals surface area contributed by atoms with Gasteiger partial charge in [-0.2, -0.15) is 0 Å². The second-order valence-electron chi connectivity index (χ2n) is 6.71. The first kappa shape index (κ1) is 20.7. The molecule has 0 atom stereocenters. The van der Waals surface area contributed by atoms with E-state index in [0.29, 0.717) is 16.7 Å². The zero-order valence-corrected chi connectivity index (χ0v) is 16.9. The van der Waals surface area contributed by atoms with Gasteiger partial charge in [-0.15, -0.1) is 11.3 Å². The van der Waals surface area contributed by atoms with E-state index in [1.165, 1.54) is 11.3 Å². The van der Waals surface area contributed by atoms with Crippen molar-refractivity contribution in [1.82, 2.24) is 4.98 Å². The SMILES string of the molecule is CC(C)CCNc1nc(C(=O)OCC(=O)Nc2ccc(N(C)C)cc2)cs1. The van der Waals surface area contributed by atoms with Crippen LogP contribution in [0.4, 0.5) is 16.5 Å². The molecule has 0 saturated heterocycles. The highest BCUT2D eigenvalue weighted by Crippen LogP contribution is 2.17. The number of aromatic nitrogens is 1. The van der Waals surface area contributed by atoms with Gasteiger partial charge < -0.3 is 20.3 Å². The molecule has 1 amide bonds. The quantitative estimate of drug-likeness (QED) is 0.638. The van der Waals surface area contributed by atoms with Crippen LogP contribution in [0.5, 0.6) is 0 Å². The molecule has 8 heteroatoms. The van der Waals surface area contributed by atoms with Crippen LogP contribution in [0.2, 0.25) is 0 Å². The number of carbonyl (C=O) groups excluding carboxylic acids is 2. The fourth-order valence-corrected chi connectivity index (χ4v) is 2.87. The van der Waals surface area contributed by atoms with Gasteiger partial charge in [0.15, 0.2) is 17.4 Å². The van der Waals surface area contributed by atoms with Gasteiger partial charge in [0.2, 0.25) is 0 Å². The van der Waals surface area contributed by atoms with Crippen molar-refractivity contribution in [3.05, 3.63) is 35.3 Å². The number of anilines is 3. The number of esters is 1. The molecule has 1 aromatic carbocycles. The number of nitrogens with one attached hydrogen (secondary N) is 2. The highest BCUT2D eigenvalue weighted by atomic mass is 32.1. The summed E-state index contributed by atoms with van der Waals surface area (Å²) in [5.74, 6) is -0.410. The molecule has 0 radical (unpaired) electrons. The molecule has 0 fully saturated rings. The van der Waals surface area contributed by atoms with Crippen LogP contribution in [-0.2, 0) is 9.53 Å². The normalized spacial score (nSPS) is 10.6. The zero-order chi connectivity index (χ0) is 19.8. The first-order chi connectivity index (χ1) is 12.8. The highest BCUT2D eigenvalue weighted by Gasteiger charge is 2.14. The number of nitrogens with zero attached hydrogens (tertiary/aromatic N) is 2. The molecule has 1 aromatic heterocycles. The maximum Gasteiger partial charge on any atom is 0.358 e. The molecule has 0 saturated carbocycles. The molecule has 0 aliphatic rings. The van der Waals surface area contributed by atoms with E-state index in [0.717, 1.165) is 18.7 Å². The number of carbonyl (C=O) groups is 2. The molecule has 0 spiro atoms. The van der Waals surface area contributed by atoms with Crippen LogP contribution in [0.1, 0.15) is 30.8 Å². The number of hydrogen-bond acceptors (Lipinski definition) is 7. The Labute approximate surface area is 163 Å². The van der Waals surface area contributed by atoms with Gasteiger partial charge >= 0.3 is 5.97 Å². The van der Waals surface area contributed by atoms with Crippen molar-refractivity contribution < 1.29 is 14.3 Å². The molecular weight excluding hydrogens is 364 g/mol. The maximum atomic E-state index is 12.0. The van der Waals surface area contributed by atoms with Gasteiger partial charge in [0.25, 0.3) is 5.91 Å². The van der Waals surface area contributed by atoms with Crippen LogP contribution >= 0.6 is 11.3 Å². The summed E-state index contributed by atoms with van der Waals surface area (Å²) in [6.07, 6.45) is 1.02. The van der Waals surface area contributed by atoms with Gasteiger partial charge in [-0.1, -0.05) is 13.8 Å². The number of thiazole rings is 1. The van der Waals surface area contributed by atoms with E-state index in [4.69, 9.17) is 4.74 Å². The second kappa shape index (κ2) is 9.91. The van der Waals surface area contributed by atoms with Crippen LogP contribution < -0.4 is 15.5 Å². The summed E-state index contributed by atoms with van der Waals surface area (Å²) in [7, 11) is 3.88. The molecule has 146 valence electrons. The number of hydrogen-bond donors (Lipinski definition) is 2. The number of benzene rings is 1. The number of amides is 1. The van der Waals surface area contributed by atoms with Gasteiger partial charge in [-0.3, -0.25) is 4.79 Å². The van der Waals surface area contributed by atoms with E-state index in [9.17, 15) is 9.59 Å². The summed E-state index contributed by atoms with van der Waals surface area (Å²) in [5.41, 5.74) is 1.88. The smallest absolute Gasteiger partial charge is 0.358 e. The largest absolute Gasteiger partial charge is 0.451 e. The lowest BCUT2D eigenvalue weighted by molar-refractivity contribution is -0.119. The lowest BCUT2D eigenvalue weighted by Gasteiger charge is -2.13. The third-order valence-electron chi connectivity index (χ3n) is 3.71. The van der Waals surface area contributed by atoms with E-state index >= 15 is 0 Å². The van der Waals surface area contributed by atoms with E-state index < -0.39 is 11.9 Å². The molecule has 2 rings (SSSR count). The van der Waals surface area contributed by atoms with Crippen molar-refractivity contribution in [2.75, 3.05) is 42.8 Å². The highest BCUT2D eigenvalue weighted by molar-refractivity contribution is 7.13. The van der Waals surface area contributed by atoms with Crippen LogP contribution in [0.3, 0.4) is 0 Å². The Hall–Kier alpha value is -2.61. The number of rotatable bonds is 9. The summed E-state index contributed by atoms with van der Waals surface area (Å²) in [6, 6.07) is 7.38. The molecule has 0 aliphatic heterocycles. The zero-order valence-electron chi connectivity index (χ0n) is 16.1. The minimum absolute atomic E-state index is 0.204. The van der Waals surface area contributed by atoms with Crippen molar-refractivity contribution in [3.63, 3.8) is 0 Å². The van der Waals surface area contributed by atoms with E-state index in [1.807, 2.05) is 31.1 Å². The minimum atomic E-state index is -0.610. The topological polar surface area (TPSA) is 83.6 Å². The third kappa shape index (κ3) is 6.90. The Morgan fingerprint density at radius 2 is 1.93 bits per heavy atom. The third-order valence-corrected chi connectivity index (χ3v) is 4.51. The van der Waals surface area contributed by atoms with Crippen molar-refractivity contribution in [3.8, 4) is 0 Å². The molecule has 0 unspecified atom stereocenters. The fraction of sp³-hybridized carbons (Fsp3) is 0.421. The molecule has 1 heterocycles. The Kier molecular flexibility index (Phi) is 7.60. The second-order valence-corrected chi connectivity index (χ2v) is 7.57. The first-order valence-corrected chi connectivity index (χ1v) is 9.67. The van der Waals surface area contributed by atoms with Gasteiger partial charge in [0, 0.05) is 37.4 Å². The van der Waals surface area contributed by atoms with Crippen molar-refractivity contribution in [2.24, 2.45) is 5.92 Å². The molecular formula is C19H26N4O3S. The molecule has 0 bridgehead atoms. The van der Waals surface area contributed by atoms with Gasteiger partial charge in [0.1, 0.15) is 0 Å². The molecule has 2 aromatic rings. The summed E-state index contributed by atoms with van der Waals surface area (Å²) in [4.78, 5) is 30.1. The lowest BCUT2D eigenvalue weighted by atomic mass is 10.1. The summed E-state index contributed by atoms with van der Waals surface area (Å²) >= 11 is 1.34. The van der Waals surface area contributed by atoms with Crippen molar-refractivity contribution in [1.29, 1.82) is 0 Å². The van der Waals surface area contributed by atoms with E-state index in [1.54, 1.807) is 17.5 Å². The summed E-state index contributed by atoms with van der Waals surface area (Å²) in [5, 5.41) is 8.17. The average molecular weight is 391 g/mol. The van der Waals surface area contributed by atoms with Crippen LogP contribution in [-0.4, -0.2) is 44.1 Å². The maximum absolute atomic E-state index is 12.0. The van der Waals surface area contributed by atoms with Crippen molar-refractivity contribution >= 4 is 39.7 Å². The van der Waals surface area contributed by atoms with Crippen LogP contribution in [0.25, 0.3) is 0 Å². The molecule has 27 heavy (non-hydrogen) atoms. The lowest BCUT2D eigenvalue weighted by Crippen LogP contribution is -2.21. The fourth-order valence-electron chi connectivity index (χ4n) is 2.16. The van der Waals surface area contributed by atoms with Gasteiger partial charge in [-0.25, -0.2) is 9.78 Å². The van der Waals surface area contributed by atoms with E-state index in [-0.39, 0.29) is 12.3 Å². The Balaban J connectivity index is 1.77. The van der Waals surface area contributed by atoms with Crippen molar-refractivity contribution in [2.45, 2.75) is 20.3 Å².